The molecule has 0 saturated heterocycles. The van der Waals surface area contributed by atoms with Gasteiger partial charge in [-0.15, -0.1) is 0 Å². The van der Waals surface area contributed by atoms with Crippen molar-refractivity contribution in [1.82, 2.24) is 9.78 Å². The highest BCUT2D eigenvalue weighted by atomic mass is 32.2. The van der Waals surface area contributed by atoms with Crippen molar-refractivity contribution >= 4 is 21.7 Å². The van der Waals surface area contributed by atoms with Crippen LogP contribution in [0.4, 0.5) is 5.69 Å². The van der Waals surface area contributed by atoms with E-state index in [9.17, 15) is 13.2 Å². The van der Waals surface area contributed by atoms with Crippen molar-refractivity contribution < 1.29 is 18.3 Å². The number of aliphatic carboxylic acids is 1. The van der Waals surface area contributed by atoms with Crippen LogP contribution >= 0.6 is 0 Å². The first-order valence-corrected chi connectivity index (χ1v) is 6.33. The van der Waals surface area contributed by atoms with Gasteiger partial charge in [0.15, 0.2) is 0 Å². The summed E-state index contributed by atoms with van der Waals surface area (Å²) in [5.41, 5.74) is 0.273. The topological polar surface area (TPSA) is 101 Å². The Morgan fingerprint density at radius 1 is 1.62 bits per heavy atom. The number of carboxylic acids is 1. The number of carbonyl (C=O) groups is 1. The summed E-state index contributed by atoms with van der Waals surface area (Å²) in [6, 6.07) is 0. The van der Waals surface area contributed by atoms with Crippen LogP contribution in [0.1, 0.15) is 13.3 Å². The van der Waals surface area contributed by atoms with Crippen molar-refractivity contribution in [2.75, 3.05) is 10.5 Å². The van der Waals surface area contributed by atoms with Gasteiger partial charge < -0.3 is 5.11 Å². The molecule has 1 aromatic rings. The zero-order valence-electron chi connectivity index (χ0n) is 8.75. The summed E-state index contributed by atoms with van der Waals surface area (Å²) in [4.78, 5) is 10.4. The smallest absolute Gasteiger partial charge is 0.325 e. The fourth-order valence-electron chi connectivity index (χ4n) is 1.14. The molecule has 0 saturated carbocycles. The second kappa shape index (κ2) is 4.97. The molecule has 1 rings (SSSR count). The number of carboxylic acid groups (broad SMARTS) is 1. The van der Waals surface area contributed by atoms with Gasteiger partial charge >= 0.3 is 5.97 Å². The first-order valence-electron chi connectivity index (χ1n) is 4.67. The van der Waals surface area contributed by atoms with Crippen LogP contribution in [-0.2, 0) is 21.4 Å². The number of anilines is 1. The number of nitrogens with one attached hydrogen (secondary N) is 1. The molecule has 0 atom stereocenters. The fourth-order valence-corrected chi connectivity index (χ4v) is 2.24. The molecule has 0 aliphatic heterocycles. The zero-order chi connectivity index (χ0) is 12.2. The Kier molecular flexibility index (Phi) is 3.88. The van der Waals surface area contributed by atoms with Gasteiger partial charge in [-0.3, -0.25) is 14.2 Å². The highest BCUT2D eigenvalue weighted by Crippen LogP contribution is 2.08. The third-order valence-corrected chi connectivity index (χ3v) is 3.17. The molecule has 0 fully saturated rings. The highest BCUT2D eigenvalue weighted by Gasteiger charge is 2.10. The van der Waals surface area contributed by atoms with E-state index in [1.165, 1.54) is 12.4 Å². The quantitative estimate of drug-likeness (QED) is 0.743. The number of sulfonamides is 1. The number of hydrogen-bond donors (Lipinski definition) is 2. The molecule has 1 heterocycles. The van der Waals surface area contributed by atoms with Crippen LogP contribution < -0.4 is 4.72 Å². The molecule has 0 aliphatic carbocycles. The van der Waals surface area contributed by atoms with E-state index in [4.69, 9.17) is 5.11 Å². The van der Waals surface area contributed by atoms with E-state index in [1.807, 2.05) is 0 Å². The lowest BCUT2D eigenvalue weighted by atomic mass is 10.6. The lowest BCUT2D eigenvalue weighted by Gasteiger charge is -2.02. The van der Waals surface area contributed by atoms with Gasteiger partial charge in [0.1, 0.15) is 6.54 Å². The molecule has 0 bridgehead atoms. The summed E-state index contributed by atoms with van der Waals surface area (Å²) in [6.07, 6.45) is 3.12. The first kappa shape index (κ1) is 12.5. The minimum absolute atomic E-state index is 0.0249. The van der Waals surface area contributed by atoms with Gasteiger partial charge in [0, 0.05) is 6.20 Å². The van der Waals surface area contributed by atoms with E-state index >= 15 is 0 Å². The molecule has 16 heavy (non-hydrogen) atoms. The molecule has 0 spiro atoms. The molecule has 0 aromatic carbocycles. The molecule has 1 aromatic heterocycles. The summed E-state index contributed by atoms with van der Waals surface area (Å²) in [6.45, 7) is 1.46. The van der Waals surface area contributed by atoms with Crippen LogP contribution in [-0.4, -0.2) is 35.0 Å². The maximum absolute atomic E-state index is 11.4. The molecular formula is C8H13N3O4S. The van der Waals surface area contributed by atoms with Crippen molar-refractivity contribution in [3.63, 3.8) is 0 Å². The van der Waals surface area contributed by atoms with E-state index < -0.39 is 16.0 Å². The van der Waals surface area contributed by atoms with E-state index in [0.29, 0.717) is 6.42 Å². The van der Waals surface area contributed by atoms with Gasteiger partial charge in [0.25, 0.3) is 0 Å². The first-order chi connectivity index (χ1) is 7.43. The molecule has 2 N–H and O–H groups in total. The number of rotatable bonds is 6. The molecule has 90 valence electrons. The Balaban J connectivity index is 2.69. The Bertz CT molecular complexity index is 465. The second-order valence-electron chi connectivity index (χ2n) is 3.24. The predicted octanol–water partition coefficient (Wildman–Crippen LogP) is 0.119. The Morgan fingerprint density at radius 2 is 2.31 bits per heavy atom. The standard InChI is InChI=1S/C8H13N3O4S/c1-2-3-16(14,15)10-7-4-9-11(5-7)6-8(12)13/h4-5,10H,2-3,6H2,1H3,(H,12,13). The summed E-state index contributed by atoms with van der Waals surface area (Å²) >= 11 is 0. The van der Waals surface area contributed by atoms with Crippen LogP contribution in [0.5, 0.6) is 0 Å². The molecule has 0 aliphatic rings. The average molecular weight is 247 g/mol. The van der Waals surface area contributed by atoms with Gasteiger partial charge in [-0.2, -0.15) is 5.10 Å². The van der Waals surface area contributed by atoms with E-state index in [1.54, 1.807) is 6.92 Å². The fraction of sp³-hybridized carbons (Fsp3) is 0.500. The van der Waals surface area contributed by atoms with E-state index in [-0.39, 0.29) is 18.0 Å². The van der Waals surface area contributed by atoms with Crippen LogP contribution in [0.25, 0.3) is 0 Å². The van der Waals surface area contributed by atoms with Gasteiger partial charge in [-0.1, -0.05) is 6.92 Å². The van der Waals surface area contributed by atoms with Crippen molar-refractivity contribution in [3.05, 3.63) is 12.4 Å². The highest BCUT2D eigenvalue weighted by molar-refractivity contribution is 7.92. The van der Waals surface area contributed by atoms with Crippen molar-refractivity contribution in [2.45, 2.75) is 19.9 Å². The van der Waals surface area contributed by atoms with Gasteiger partial charge in [0.05, 0.1) is 17.6 Å². The molecular weight excluding hydrogens is 234 g/mol. The van der Waals surface area contributed by atoms with Crippen molar-refractivity contribution in [1.29, 1.82) is 0 Å². The summed E-state index contributed by atoms with van der Waals surface area (Å²) in [5.74, 6) is -1.01. The Morgan fingerprint density at radius 3 is 2.88 bits per heavy atom. The largest absolute Gasteiger partial charge is 0.480 e. The predicted molar refractivity (Wildman–Crippen MR) is 57.6 cm³/mol. The normalized spacial score (nSPS) is 11.3. The van der Waals surface area contributed by atoms with Crippen molar-refractivity contribution in [3.8, 4) is 0 Å². The maximum Gasteiger partial charge on any atom is 0.325 e. The summed E-state index contributed by atoms with van der Waals surface area (Å²) < 4.78 is 26.2. The Hall–Kier alpha value is -1.57. The number of aromatic nitrogens is 2. The van der Waals surface area contributed by atoms with Gasteiger partial charge in [-0.05, 0) is 6.42 Å². The van der Waals surface area contributed by atoms with E-state index in [0.717, 1.165) is 4.68 Å². The molecule has 7 nitrogen and oxygen atoms in total. The van der Waals surface area contributed by atoms with Gasteiger partial charge in [0.2, 0.25) is 10.0 Å². The van der Waals surface area contributed by atoms with Crippen LogP contribution in [0, 0.1) is 0 Å². The average Bonchev–Trinajstić information content (AvgIpc) is 2.49. The lowest BCUT2D eigenvalue weighted by molar-refractivity contribution is -0.137. The number of nitrogens with zero attached hydrogens (tertiary/aromatic N) is 2. The number of hydrogen-bond acceptors (Lipinski definition) is 4. The summed E-state index contributed by atoms with van der Waals surface area (Å²) in [5, 5.41) is 12.2. The molecule has 0 amide bonds. The van der Waals surface area contributed by atoms with Crippen LogP contribution in [0.3, 0.4) is 0 Å². The van der Waals surface area contributed by atoms with Crippen LogP contribution in [0.15, 0.2) is 12.4 Å². The monoisotopic (exact) mass is 247 g/mol. The third-order valence-electron chi connectivity index (χ3n) is 1.68. The maximum atomic E-state index is 11.4. The van der Waals surface area contributed by atoms with Crippen LogP contribution in [0.2, 0.25) is 0 Å². The minimum Gasteiger partial charge on any atom is -0.480 e. The zero-order valence-corrected chi connectivity index (χ0v) is 9.57. The molecule has 8 heteroatoms. The SMILES string of the molecule is CCCS(=O)(=O)Nc1cnn(CC(=O)O)c1. The Labute approximate surface area is 93.1 Å². The van der Waals surface area contributed by atoms with Crippen molar-refractivity contribution in [2.24, 2.45) is 0 Å². The summed E-state index contributed by atoms with van der Waals surface area (Å²) in [7, 11) is -3.35. The third kappa shape index (κ3) is 3.89. The minimum atomic E-state index is -3.35. The van der Waals surface area contributed by atoms with E-state index in [2.05, 4.69) is 9.82 Å². The second-order valence-corrected chi connectivity index (χ2v) is 5.08. The lowest BCUT2D eigenvalue weighted by Crippen LogP contribution is -2.15. The van der Waals surface area contributed by atoms with Gasteiger partial charge in [-0.25, -0.2) is 8.42 Å². The molecule has 0 radical (unpaired) electrons. The molecule has 0 unspecified atom stereocenters.